The van der Waals surface area contributed by atoms with Crippen molar-refractivity contribution in [2.75, 3.05) is 6.61 Å². The van der Waals surface area contributed by atoms with Gasteiger partial charge in [-0.25, -0.2) is 0 Å². The third-order valence-corrected chi connectivity index (χ3v) is 5.17. The van der Waals surface area contributed by atoms with Gasteiger partial charge in [0.2, 0.25) is 0 Å². The van der Waals surface area contributed by atoms with Crippen molar-refractivity contribution >= 4 is 5.97 Å². The number of hydrogen-bond acceptors (Lipinski definition) is 3. The number of hydrogen-bond donors (Lipinski definition) is 0. The summed E-state index contributed by atoms with van der Waals surface area (Å²) >= 11 is 0. The molecule has 1 aromatic rings. The van der Waals surface area contributed by atoms with Gasteiger partial charge < -0.3 is 22.8 Å². The van der Waals surface area contributed by atoms with Crippen LogP contribution in [0.2, 0.25) is 0 Å². The van der Waals surface area contributed by atoms with Crippen LogP contribution in [0.15, 0.2) is 24.3 Å². The van der Waals surface area contributed by atoms with Crippen LogP contribution in [0.1, 0.15) is 39.2 Å². The number of carbonyl (C=O) groups excluding carboxylic acids is 1. The summed E-state index contributed by atoms with van der Waals surface area (Å²) in [5.74, 6) is 0.947. The molecule has 3 rings (SSSR count). The molecule has 4 heteroatoms. The van der Waals surface area contributed by atoms with Crippen molar-refractivity contribution < 1.29 is 47.0 Å². The van der Waals surface area contributed by atoms with Gasteiger partial charge in [0.05, 0.1) is 12.7 Å². The Morgan fingerprint density at radius 1 is 1.43 bits per heavy atom. The Kier molecular flexibility index (Phi) is 5.63. The minimum absolute atomic E-state index is 0. The number of fused-ring (bicyclic) bond motifs is 3. The Labute approximate surface area is 164 Å². The van der Waals surface area contributed by atoms with E-state index in [4.69, 9.17) is 9.47 Å². The van der Waals surface area contributed by atoms with Crippen LogP contribution in [-0.2, 0) is 47.7 Å². The molecule has 0 spiro atoms. The quantitative estimate of drug-likeness (QED) is 0.582. The molecule has 1 heterocycles. The van der Waals surface area contributed by atoms with E-state index in [0.29, 0.717) is 13.0 Å². The number of esters is 1. The SMILES string of the molecule is [CH2-][C@]12c3ccccc3O[C@H]1CC(C)(C)[C@@H]2[CH-]CC(=O)OCC.[Y]. The van der Waals surface area contributed by atoms with E-state index in [1.54, 1.807) is 0 Å². The van der Waals surface area contributed by atoms with Gasteiger partial charge in [0.15, 0.2) is 0 Å². The summed E-state index contributed by atoms with van der Waals surface area (Å²) in [7, 11) is 0. The molecule has 1 fully saturated rings. The van der Waals surface area contributed by atoms with E-state index in [9.17, 15) is 4.79 Å². The molecule has 1 aliphatic heterocycles. The van der Waals surface area contributed by atoms with Gasteiger partial charge in [0.1, 0.15) is 5.75 Å². The molecule has 0 unspecified atom stereocenters. The molecule has 0 N–H and O–H groups in total. The standard InChI is InChI=1S/C19H24O3.Y/c1-5-21-17(20)11-10-15-18(2,3)12-16-19(15,4)13-8-6-7-9-14(13)22-16;/h6-10,15-16H,4-5,11-12H2,1-3H3;/q-2;/t15-,16-,19+;/m0./s1. The molecule has 0 saturated heterocycles. The van der Waals surface area contributed by atoms with Crippen LogP contribution < -0.4 is 4.74 Å². The van der Waals surface area contributed by atoms with E-state index >= 15 is 0 Å². The molecule has 1 saturated carbocycles. The Morgan fingerprint density at radius 2 is 2.13 bits per heavy atom. The predicted octanol–water partition coefficient (Wildman–Crippen LogP) is 3.72. The Morgan fingerprint density at radius 3 is 2.83 bits per heavy atom. The number of para-hydroxylation sites is 1. The summed E-state index contributed by atoms with van der Waals surface area (Å²) < 4.78 is 11.2. The average Bonchev–Trinajstić information content (AvgIpc) is 2.82. The number of benzene rings is 1. The molecule has 3 nitrogen and oxygen atoms in total. The molecule has 123 valence electrons. The van der Waals surface area contributed by atoms with Crippen molar-refractivity contribution in [3.63, 3.8) is 0 Å². The zero-order valence-electron chi connectivity index (χ0n) is 14.2. The molecular weight excluding hydrogens is 365 g/mol. The van der Waals surface area contributed by atoms with Crippen LogP contribution in [0.5, 0.6) is 5.75 Å². The van der Waals surface area contributed by atoms with Crippen LogP contribution in [0, 0.1) is 24.7 Å². The van der Waals surface area contributed by atoms with E-state index in [1.165, 1.54) is 0 Å². The fourth-order valence-electron chi connectivity index (χ4n) is 4.24. The van der Waals surface area contributed by atoms with Crippen LogP contribution in [0.25, 0.3) is 0 Å². The number of ether oxygens (including phenoxy) is 2. The summed E-state index contributed by atoms with van der Waals surface area (Å²) in [4.78, 5) is 11.7. The topological polar surface area (TPSA) is 35.5 Å². The maximum atomic E-state index is 11.7. The summed E-state index contributed by atoms with van der Waals surface area (Å²) in [6.07, 6.45) is 3.43. The van der Waals surface area contributed by atoms with Crippen molar-refractivity contribution in [1.29, 1.82) is 0 Å². The summed E-state index contributed by atoms with van der Waals surface area (Å²) in [6, 6.07) is 8.14. The Bertz CT molecular complexity index is 584. The first kappa shape index (κ1) is 18.9. The van der Waals surface area contributed by atoms with Crippen LogP contribution >= 0.6 is 0 Å². The van der Waals surface area contributed by atoms with Crippen molar-refractivity contribution in [3.05, 3.63) is 43.2 Å². The summed E-state index contributed by atoms with van der Waals surface area (Å²) in [6.45, 7) is 11.3. The number of rotatable bonds is 4. The molecule has 1 aliphatic carbocycles. The van der Waals surface area contributed by atoms with Crippen LogP contribution in [0.4, 0.5) is 0 Å². The van der Waals surface area contributed by atoms with E-state index in [-0.39, 0.29) is 61.5 Å². The molecule has 3 atom stereocenters. The van der Waals surface area contributed by atoms with Crippen LogP contribution in [-0.4, -0.2) is 18.7 Å². The molecule has 1 aromatic carbocycles. The van der Waals surface area contributed by atoms with Gasteiger partial charge in [-0.05, 0) is 25.0 Å². The molecule has 2 aliphatic rings. The van der Waals surface area contributed by atoms with Gasteiger partial charge in [0, 0.05) is 32.7 Å². The van der Waals surface area contributed by atoms with Crippen molar-refractivity contribution in [3.8, 4) is 5.75 Å². The first-order valence-electron chi connectivity index (χ1n) is 8.00. The second kappa shape index (κ2) is 6.84. The zero-order valence-corrected chi connectivity index (χ0v) is 17.0. The first-order chi connectivity index (χ1) is 10.4. The maximum absolute atomic E-state index is 11.7. The fraction of sp³-hybridized carbons (Fsp3) is 0.526. The van der Waals surface area contributed by atoms with E-state index < -0.39 is 0 Å². The van der Waals surface area contributed by atoms with Crippen LogP contribution in [0.3, 0.4) is 0 Å². The average molecular weight is 389 g/mol. The van der Waals surface area contributed by atoms with Gasteiger partial charge in [0.25, 0.3) is 5.97 Å². The third-order valence-electron chi connectivity index (χ3n) is 5.17. The molecule has 0 aromatic heterocycles. The minimum atomic E-state index is -0.313. The van der Waals surface area contributed by atoms with E-state index in [1.807, 2.05) is 25.1 Å². The third kappa shape index (κ3) is 3.11. The molecule has 0 bridgehead atoms. The molecule has 0 amide bonds. The monoisotopic (exact) mass is 389 g/mol. The predicted molar refractivity (Wildman–Crippen MR) is 85.3 cm³/mol. The number of carbonyl (C=O) groups is 1. The van der Waals surface area contributed by atoms with Gasteiger partial charge in [-0.15, -0.1) is 5.41 Å². The molecule has 23 heavy (non-hydrogen) atoms. The summed E-state index contributed by atoms with van der Waals surface area (Å²) in [5.41, 5.74) is 0.898. The smallest absolute Gasteiger partial charge is 0.275 e. The second-order valence-corrected chi connectivity index (χ2v) is 7.06. The Balaban J connectivity index is 0.00000192. The second-order valence-electron chi connectivity index (χ2n) is 7.06. The van der Waals surface area contributed by atoms with E-state index in [0.717, 1.165) is 17.7 Å². The van der Waals surface area contributed by atoms with Gasteiger partial charge >= 0.3 is 0 Å². The van der Waals surface area contributed by atoms with Crippen molar-refractivity contribution in [2.24, 2.45) is 11.3 Å². The Hall–Kier alpha value is -0.406. The van der Waals surface area contributed by atoms with Gasteiger partial charge in [-0.2, -0.15) is 5.92 Å². The minimum Gasteiger partial charge on any atom is -0.492 e. The first-order valence-corrected chi connectivity index (χ1v) is 8.00. The molecule has 1 radical (unpaired) electrons. The van der Waals surface area contributed by atoms with E-state index in [2.05, 4.69) is 33.3 Å². The maximum Gasteiger partial charge on any atom is 0.275 e. The molecular formula is C19H24O3Y-2. The summed E-state index contributed by atoms with van der Waals surface area (Å²) in [5, 5.41) is 0. The fourth-order valence-corrected chi connectivity index (χ4v) is 4.24. The van der Waals surface area contributed by atoms with Crippen molar-refractivity contribution in [2.45, 2.75) is 45.1 Å². The van der Waals surface area contributed by atoms with Crippen molar-refractivity contribution in [1.82, 2.24) is 0 Å². The van der Waals surface area contributed by atoms with Gasteiger partial charge in [-0.1, -0.05) is 43.9 Å². The van der Waals surface area contributed by atoms with Gasteiger partial charge in [-0.3, -0.25) is 4.79 Å². The zero-order chi connectivity index (χ0) is 16.0. The normalized spacial score (nSPS) is 29.9. The largest absolute Gasteiger partial charge is 0.492 e.